The van der Waals surface area contributed by atoms with Crippen molar-refractivity contribution in [1.82, 2.24) is 15.3 Å². The van der Waals surface area contributed by atoms with Crippen LogP contribution in [-0.2, 0) is 6.61 Å². The van der Waals surface area contributed by atoms with Crippen LogP contribution in [0.3, 0.4) is 0 Å². The topological polar surface area (TPSA) is 106 Å². The number of ether oxygens (including phenoxy) is 1. The molecule has 0 spiro atoms. The standard InChI is InChI=1S/C24H28N4O3/c1-14-10-15(2)26-20(14)11-21-24(31-3)18(13-30)23(28-21)22-17(12-25-8-9-29)16-6-4-5-7-19(16)27-22/h4-7,10-11,25-26,28-30H,8-9,12-13H2,1-3H3/b21-11?,23-22-. The third-order valence-electron chi connectivity index (χ3n) is 5.50. The number of nitrogens with zero attached hydrogens (tertiary/aromatic N) is 1. The van der Waals surface area contributed by atoms with Gasteiger partial charge >= 0.3 is 0 Å². The fourth-order valence-electron chi connectivity index (χ4n) is 4.09. The molecule has 5 N–H and O–H groups in total. The molecular weight excluding hydrogens is 392 g/mol. The van der Waals surface area contributed by atoms with Gasteiger partial charge in [-0.15, -0.1) is 0 Å². The number of fused-ring (bicyclic) bond motifs is 1. The minimum absolute atomic E-state index is 0.0631. The van der Waals surface area contributed by atoms with Crippen LogP contribution in [0.4, 0.5) is 0 Å². The summed E-state index contributed by atoms with van der Waals surface area (Å²) in [7, 11) is 1.61. The summed E-state index contributed by atoms with van der Waals surface area (Å²) in [5.74, 6) is 0.602. The molecule has 0 amide bonds. The van der Waals surface area contributed by atoms with E-state index in [4.69, 9.17) is 9.73 Å². The summed E-state index contributed by atoms with van der Waals surface area (Å²) in [6, 6.07) is 10.1. The first-order valence-electron chi connectivity index (χ1n) is 10.3. The second kappa shape index (κ2) is 8.93. The van der Waals surface area contributed by atoms with Crippen LogP contribution in [0.1, 0.15) is 22.5 Å². The lowest BCUT2D eigenvalue weighted by Gasteiger charge is -2.06. The van der Waals surface area contributed by atoms with Gasteiger partial charge < -0.3 is 30.2 Å². The second-order valence-electron chi connectivity index (χ2n) is 7.63. The molecule has 1 aromatic carbocycles. The normalized spacial score (nSPS) is 15.4. The Morgan fingerprint density at radius 2 is 1.97 bits per heavy atom. The van der Waals surface area contributed by atoms with Crippen LogP contribution < -0.4 is 31.3 Å². The quantitative estimate of drug-likeness (QED) is 0.331. The largest absolute Gasteiger partial charge is 0.494 e. The Morgan fingerprint density at radius 3 is 2.65 bits per heavy atom. The first-order chi connectivity index (χ1) is 15.1. The van der Waals surface area contributed by atoms with E-state index >= 15 is 0 Å². The average molecular weight is 421 g/mol. The maximum Gasteiger partial charge on any atom is 0.150 e. The fourth-order valence-corrected chi connectivity index (χ4v) is 4.09. The zero-order valence-electron chi connectivity index (χ0n) is 18.0. The molecule has 162 valence electrons. The fraction of sp³-hybridized carbons (Fsp3) is 0.292. The predicted octanol–water partition coefficient (Wildman–Crippen LogP) is -0.536. The summed E-state index contributed by atoms with van der Waals surface area (Å²) in [5, 5.41) is 26.1. The molecule has 7 heteroatoms. The van der Waals surface area contributed by atoms with Gasteiger partial charge in [-0.05, 0) is 37.6 Å². The van der Waals surface area contributed by atoms with E-state index in [1.54, 1.807) is 7.11 Å². The monoisotopic (exact) mass is 420 g/mol. The van der Waals surface area contributed by atoms with Crippen LogP contribution in [0.15, 0.2) is 35.3 Å². The number of aliphatic hydroxyl groups excluding tert-OH is 2. The van der Waals surface area contributed by atoms with Gasteiger partial charge in [-0.2, -0.15) is 0 Å². The summed E-state index contributed by atoms with van der Waals surface area (Å²) >= 11 is 0. The summed E-state index contributed by atoms with van der Waals surface area (Å²) in [5.41, 5.74) is 5.65. The van der Waals surface area contributed by atoms with Crippen LogP contribution in [0.5, 0.6) is 5.75 Å². The van der Waals surface area contributed by atoms with E-state index in [0.29, 0.717) is 24.4 Å². The second-order valence-corrected chi connectivity index (χ2v) is 7.63. The number of H-pyrrole nitrogens is 2. The molecule has 7 nitrogen and oxygen atoms in total. The minimum Gasteiger partial charge on any atom is -0.494 e. The number of aliphatic hydroxyl groups is 2. The summed E-state index contributed by atoms with van der Waals surface area (Å²) in [4.78, 5) is 11.7. The Morgan fingerprint density at radius 1 is 1.16 bits per heavy atom. The van der Waals surface area contributed by atoms with E-state index in [9.17, 15) is 10.2 Å². The Hall–Kier alpha value is -3.13. The lowest BCUT2D eigenvalue weighted by Crippen LogP contribution is -2.28. The highest BCUT2D eigenvalue weighted by Crippen LogP contribution is 2.17. The number of benzene rings is 1. The van der Waals surface area contributed by atoms with Gasteiger partial charge in [0, 0.05) is 40.8 Å². The molecule has 1 aliphatic rings. The lowest BCUT2D eigenvalue weighted by molar-refractivity contribution is 0.273. The van der Waals surface area contributed by atoms with Crippen LogP contribution in [0, 0.1) is 13.8 Å². The molecule has 3 aromatic rings. The first kappa shape index (κ1) is 21.1. The minimum atomic E-state index is -0.182. The van der Waals surface area contributed by atoms with Crippen LogP contribution in [-0.4, -0.2) is 47.0 Å². The Labute approximate surface area is 180 Å². The van der Waals surface area contributed by atoms with Gasteiger partial charge in [-0.1, -0.05) is 18.2 Å². The maximum absolute atomic E-state index is 10.2. The van der Waals surface area contributed by atoms with Crippen molar-refractivity contribution in [3.8, 4) is 5.75 Å². The molecule has 0 saturated heterocycles. The van der Waals surface area contributed by atoms with Crippen molar-refractivity contribution < 1.29 is 14.9 Å². The Kier molecular flexibility index (Phi) is 6.08. The third-order valence-corrected chi connectivity index (χ3v) is 5.50. The summed E-state index contributed by atoms with van der Waals surface area (Å²) < 4.78 is 5.69. The van der Waals surface area contributed by atoms with Crippen molar-refractivity contribution in [2.75, 3.05) is 26.8 Å². The molecular formula is C24H28N4O3. The SMILES string of the molecule is COc1c(CO)/c(=C2/N=c3ccccc3=C2CNCCO)[nH]c1=Cc1[nH]c(C)cc1C. The number of aryl methyl sites for hydroxylation is 2. The van der Waals surface area contributed by atoms with Crippen molar-refractivity contribution in [2.24, 2.45) is 4.99 Å². The summed E-state index contributed by atoms with van der Waals surface area (Å²) in [6.45, 7) is 4.99. The molecule has 4 rings (SSSR count). The van der Waals surface area contributed by atoms with Crippen LogP contribution in [0.25, 0.3) is 17.3 Å². The highest BCUT2D eigenvalue weighted by atomic mass is 16.5. The summed E-state index contributed by atoms with van der Waals surface area (Å²) in [6.07, 6.45) is 2.00. The third kappa shape index (κ3) is 3.95. The number of hydrogen-bond donors (Lipinski definition) is 5. The number of methoxy groups -OCH3 is 1. The van der Waals surface area contributed by atoms with Gasteiger partial charge in [0.25, 0.3) is 0 Å². The molecule has 0 radical (unpaired) electrons. The molecule has 3 heterocycles. The van der Waals surface area contributed by atoms with Crippen molar-refractivity contribution in [3.63, 3.8) is 0 Å². The first-order valence-corrected chi connectivity index (χ1v) is 10.3. The van der Waals surface area contributed by atoms with Crippen molar-refractivity contribution in [1.29, 1.82) is 0 Å². The zero-order valence-corrected chi connectivity index (χ0v) is 18.0. The van der Waals surface area contributed by atoms with E-state index < -0.39 is 0 Å². The van der Waals surface area contributed by atoms with E-state index in [-0.39, 0.29) is 13.2 Å². The van der Waals surface area contributed by atoms with Gasteiger partial charge in [0.1, 0.15) is 5.75 Å². The molecule has 0 unspecified atom stereocenters. The van der Waals surface area contributed by atoms with Gasteiger partial charge in [0.15, 0.2) is 0 Å². The van der Waals surface area contributed by atoms with Gasteiger partial charge in [0.05, 0.1) is 42.1 Å². The highest BCUT2D eigenvalue weighted by Gasteiger charge is 2.19. The molecule has 0 fully saturated rings. The molecule has 1 aliphatic heterocycles. The lowest BCUT2D eigenvalue weighted by atomic mass is 10.1. The van der Waals surface area contributed by atoms with E-state index in [1.807, 2.05) is 37.3 Å². The molecule has 0 bridgehead atoms. The van der Waals surface area contributed by atoms with Gasteiger partial charge in [-0.3, -0.25) is 0 Å². The van der Waals surface area contributed by atoms with Crippen LogP contribution in [0.2, 0.25) is 0 Å². The van der Waals surface area contributed by atoms with E-state index in [0.717, 1.165) is 49.5 Å². The number of rotatable bonds is 7. The van der Waals surface area contributed by atoms with Crippen LogP contribution >= 0.6 is 0 Å². The highest BCUT2D eigenvalue weighted by molar-refractivity contribution is 5.90. The van der Waals surface area contributed by atoms with Gasteiger partial charge in [-0.25, -0.2) is 4.99 Å². The number of hydrogen-bond acceptors (Lipinski definition) is 5. The van der Waals surface area contributed by atoms with E-state index in [1.165, 1.54) is 0 Å². The number of aromatic nitrogens is 2. The number of nitrogens with one attached hydrogen (secondary N) is 3. The van der Waals surface area contributed by atoms with Gasteiger partial charge in [0.2, 0.25) is 0 Å². The average Bonchev–Trinajstić information content (AvgIpc) is 3.40. The smallest absolute Gasteiger partial charge is 0.150 e. The van der Waals surface area contributed by atoms with Crippen molar-refractivity contribution in [3.05, 3.63) is 74.1 Å². The number of para-hydroxylation sites is 1. The van der Waals surface area contributed by atoms with Crippen molar-refractivity contribution in [2.45, 2.75) is 20.5 Å². The Bertz CT molecular complexity index is 1350. The van der Waals surface area contributed by atoms with E-state index in [2.05, 4.69) is 28.3 Å². The molecule has 31 heavy (non-hydrogen) atoms. The molecule has 0 aliphatic carbocycles. The molecule has 2 aromatic heterocycles. The molecule has 0 saturated carbocycles. The Balaban J connectivity index is 1.99. The predicted molar refractivity (Wildman–Crippen MR) is 120 cm³/mol. The maximum atomic E-state index is 10.2. The zero-order chi connectivity index (χ0) is 22.0. The number of aromatic amines is 2. The molecule has 0 atom stereocenters. The van der Waals surface area contributed by atoms with Crippen molar-refractivity contribution >= 4 is 17.3 Å².